The topological polar surface area (TPSA) is 136 Å². The zero-order chi connectivity index (χ0) is 87.1. The summed E-state index contributed by atoms with van der Waals surface area (Å²) in [5.74, 6) is -4.98. The Hall–Kier alpha value is -7.76. The van der Waals surface area contributed by atoms with Crippen molar-refractivity contribution in [1.29, 1.82) is 15.8 Å². The second-order valence-corrected chi connectivity index (χ2v) is 41.4. The molecular formula is C102H110Cl2F4N6O2S7. The highest BCUT2D eigenvalue weighted by atomic mass is 35.5. The van der Waals surface area contributed by atoms with Gasteiger partial charge in [-0.25, -0.2) is 37.6 Å². The fraction of sp³-hybridized carbons (Fsp3) is 0.451. The van der Waals surface area contributed by atoms with Gasteiger partial charge >= 0.3 is 0 Å². The van der Waals surface area contributed by atoms with Crippen LogP contribution in [-0.4, -0.2) is 21.5 Å². The van der Waals surface area contributed by atoms with E-state index in [1.807, 2.05) is 30.4 Å². The SMILES string of the molecule is [C-]#[N+]C(C#N)=C1/C(=C/C=C/c2sc3cc(-c4sc(-c5cc6sc(/C=C/C=C7\C(=O)c8cc(F)c(F)cc8C7=C(C#N)C#N)c(CCCCCCCCCCC)c6s5)c5nc(-c6cc(Cl)c(CC(CCCC)CCCCCC)s6)c(-c6cc(Cl)c(CC(CCCC)CCCCCC)s6)nc45)sc3c2CCCCCCCCCCC)C(=O)c2cc(F)c(F)cc21. The van der Waals surface area contributed by atoms with Gasteiger partial charge in [0.2, 0.25) is 0 Å². The van der Waals surface area contributed by atoms with E-state index < -0.39 is 34.8 Å². The third-order valence-corrected chi connectivity index (χ3v) is 33.6. The van der Waals surface area contributed by atoms with Crippen LogP contribution in [0.4, 0.5) is 17.6 Å². The zero-order valence-electron chi connectivity index (χ0n) is 71.7. The van der Waals surface area contributed by atoms with E-state index >= 15 is 0 Å². The predicted molar refractivity (Wildman–Crippen MR) is 517 cm³/mol. The van der Waals surface area contributed by atoms with Crippen molar-refractivity contribution in [3.8, 4) is 58.9 Å². The first kappa shape index (κ1) is 94.4. The number of unbranched alkanes of at least 4 members (excludes halogenated alkanes) is 24. The van der Waals surface area contributed by atoms with Gasteiger partial charge in [0.15, 0.2) is 34.8 Å². The molecule has 21 heteroatoms. The van der Waals surface area contributed by atoms with Crippen LogP contribution in [0.25, 0.3) is 98.6 Å². The molecule has 2 unspecified atom stereocenters. The summed E-state index contributed by atoms with van der Waals surface area (Å²) in [4.78, 5) is 54.1. The molecule has 123 heavy (non-hydrogen) atoms. The second-order valence-electron chi connectivity index (χ2n) is 33.0. The van der Waals surface area contributed by atoms with Crippen LogP contribution in [0.3, 0.4) is 0 Å². The monoisotopic (exact) mass is 1820 g/mol. The lowest BCUT2D eigenvalue weighted by molar-refractivity contribution is 0.103. The lowest BCUT2D eigenvalue weighted by Crippen LogP contribution is -2.04. The Kier molecular flexibility index (Phi) is 35.8. The number of ketones is 2. The number of aryl methyl sites for hydroxylation is 2. The van der Waals surface area contributed by atoms with Crippen molar-refractivity contribution in [3.05, 3.63) is 193 Å². The van der Waals surface area contributed by atoms with Crippen molar-refractivity contribution < 1.29 is 27.2 Å². The first-order chi connectivity index (χ1) is 59.9. The first-order valence-corrected chi connectivity index (χ1v) is 51.3. The molecule has 0 radical (unpaired) electrons. The van der Waals surface area contributed by atoms with Gasteiger partial charge in [0.05, 0.1) is 42.2 Å². The van der Waals surface area contributed by atoms with E-state index in [0.29, 0.717) is 11.8 Å². The minimum atomic E-state index is -1.20. The largest absolute Gasteiger partial charge is 0.289 e. The van der Waals surface area contributed by atoms with E-state index in [4.69, 9.17) is 39.7 Å². The highest BCUT2D eigenvalue weighted by Crippen LogP contribution is 2.55. The molecule has 8 nitrogen and oxygen atoms in total. The molecule has 10 aromatic rings. The van der Waals surface area contributed by atoms with E-state index in [9.17, 15) is 42.9 Å². The summed E-state index contributed by atoms with van der Waals surface area (Å²) in [6, 6.07) is 18.0. The Morgan fingerprint density at radius 3 is 1.17 bits per heavy atom. The normalized spacial score (nSPS) is 14.4. The molecule has 0 bridgehead atoms. The summed E-state index contributed by atoms with van der Waals surface area (Å²) in [6.07, 6.45) is 53.5. The Morgan fingerprint density at radius 2 is 0.789 bits per heavy atom. The van der Waals surface area contributed by atoms with Crippen LogP contribution in [0.1, 0.15) is 322 Å². The maximum atomic E-state index is 14.9. The Balaban J connectivity index is 1.04. The van der Waals surface area contributed by atoms with Crippen molar-refractivity contribution in [3.63, 3.8) is 0 Å². The van der Waals surface area contributed by atoms with Gasteiger partial charge in [-0.15, -0.1) is 79.4 Å². The number of hydrogen-bond donors (Lipinski definition) is 0. The molecule has 2 aromatic carbocycles. The molecule has 0 amide bonds. The molecule has 8 heterocycles. The number of carbonyl (C=O) groups excluding carboxylic acids is 2. The van der Waals surface area contributed by atoms with Crippen LogP contribution in [-0.2, 0) is 25.7 Å². The van der Waals surface area contributed by atoms with Gasteiger partial charge in [0.25, 0.3) is 5.70 Å². The first-order valence-electron chi connectivity index (χ1n) is 44.9. The van der Waals surface area contributed by atoms with Crippen molar-refractivity contribution in [2.45, 2.75) is 286 Å². The van der Waals surface area contributed by atoms with Gasteiger partial charge < -0.3 is 0 Å². The molecule has 12 rings (SSSR count). The number of thiophene rings is 7. The third kappa shape index (κ3) is 23.0. The minimum Gasteiger partial charge on any atom is -0.289 e. The van der Waals surface area contributed by atoms with E-state index in [1.54, 1.807) is 104 Å². The van der Waals surface area contributed by atoms with Crippen LogP contribution in [0.5, 0.6) is 0 Å². The molecule has 0 saturated carbocycles. The van der Waals surface area contributed by atoms with Crippen LogP contribution in [0.2, 0.25) is 10.0 Å². The summed E-state index contributed by atoms with van der Waals surface area (Å²) >= 11 is 27.2. The maximum absolute atomic E-state index is 14.9. The molecule has 0 fully saturated rings. The number of rotatable bonds is 48. The lowest BCUT2D eigenvalue weighted by Gasteiger charge is -2.16. The van der Waals surface area contributed by atoms with Crippen molar-refractivity contribution in [2.24, 2.45) is 11.8 Å². The quantitative estimate of drug-likeness (QED) is 0.0122. The van der Waals surface area contributed by atoms with Gasteiger partial charge in [-0.3, -0.25) is 9.59 Å². The smallest absolute Gasteiger partial charge is 0.270 e. The highest BCUT2D eigenvalue weighted by molar-refractivity contribution is 7.34. The molecule has 2 atom stereocenters. The number of hydrogen-bond acceptors (Lipinski definition) is 14. The zero-order valence-corrected chi connectivity index (χ0v) is 79.0. The number of carbonyl (C=O) groups is 2. The molecule has 644 valence electrons. The maximum Gasteiger partial charge on any atom is 0.270 e. The summed E-state index contributed by atoms with van der Waals surface area (Å²) in [5, 5.41) is 32.0. The number of aromatic nitrogens is 2. The van der Waals surface area contributed by atoms with Crippen molar-refractivity contribution in [2.75, 3.05) is 0 Å². The number of Topliss-reactive ketones (excluding diaryl/α,β-unsaturated/α-hetero) is 2. The predicted octanol–water partition coefficient (Wildman–Crippen LogP) is 35.3. The van der Waals surface area contributed by atoms with Crippen LogP contribution in [0, 0.1) is 75.7 Å². The number of allylic oxidation sites excluding steroid dienone is 10. The average Bonchev–Trinajstić information content (AvgIpc) is 1.58. The highest BCUT2D eigenvalue weighted by Gasteiger charge is 2.37. The van der Waals surface area contributed by atoms with Gasteiger partial charge in [-0.2, -0.15) is 10.5 Å². The van der Waals surface area contributed by atoms with Crippen molar-refractivity contribution >= 4 is 167 Å². The molecular weight excluding hydrogens is 1710 g/mol. The van der Waals surface area contributed by atoms with E-state index in [1.165, 1.54) is 140 Å². The number of fused-ring (bicyclic) bond motifs is 5. The number of benzene rings is 2. The number of nitriles is 3. The second kappa shape index (κ2) is 46.6. The fourth-order valence-electron chi connectivity index (χ4n) is 17.2. The Morgan fingerprint density at radius 1 is 0.431 bits per heavy atom. The van der Waals surface area contributed by atoms with Gasteiger partial charge in [0, 0.05) is 81.5 Å². The molecule has 0 N–H and O–H groups in total. The molecule has 2 aliphatic carbocycles. The fourth-order valence-corrected chi connectivity index (χ4v) is 26.9. The summed E-state index contributed by atoms with van der Waals surface area (Å²) in [7, 11) is 0. The van der Waals surface area contributed by atoms with Gasteiger partial charge in [-0.1, -0.05) is 295 Å². The van der Waals surface area contributed by atoms with E-state index in [-0.39, 0.29) is 55.8 Å². The van der Waals surface area contributed by atoms with E-state index in [0.717, 1.165) is 240 Å². The van der Waals surface area contributed by atoms with Crippen LogP contribution >= 0.6 is 103 Å². The molecule has 2 aliphatic rings. The standard InChI is InChI=1S/C102H110Cl2F4N6O2S7/c1-8-14-20-24-26-28-30-32-36-44-66-81(48-38-46-68-91(65(60-109)61-110)70-52-76(105)78(107)54-72(70)97(68)115)117-87-58-89(121-99(66)87)101-95-96(114-94(86-57-75(104)84(120-86)51-64(41-19-13-6)43-35-23-17-11-4)93(113-95)85-56-74(103)83(119-85)50-63(40-18-12-5)42-34-22-16-10-3)102(123-101)90-59-88-100(122-90)67(45-37-33-31-29-27-25-21-15-9-2)82(118-88)49-39-47-69-92(80(62-111)112-7)71-53-77(106)79(108)55-73(71)98(69)116/h38-39,46-49,52-59,63-64H,8-37,40-45,50-51H2,1-6H3/b48-38+,49-39+,68-46-,69-47-,92-80?. The minimum absolute atomic E-state index is 0.00578. The average molecular weight is 1820 g/mol. The third-order valence-electron chi connectivity index (χ3n) is 23.9. The summed E-state index contributed by atoms with van der Waals surface area (Å²) in [5.41, 5.74) is 4.44. The van der Waals surface area contributed by atoms with Crippen molar-refractivity contribution in [1.82, 2.24) is 9.97 Å². The molecule has 0 saturated heterocycles. The van der Waals surface area contributed by atoms with E-state index in [2.05, 4.69) is 70.7 Å². The van der Waals surface area contributed by atoms with Gasteiger partial charge in [0.1, 0.15) is 40.1 Å². The Labute approximate surface area is 762 Å². The number of nitrogens with zero attached hydrogens (tertiary/aromatic N) is 6. The lowest BCUT2D eigenvalue weighted by atomic mass is 9.92. The molecule has 0 spiro atoms. The Bertz CT molecular complexity index is 5440. The molecule has 0 aliphatic heterocycles. The van der Waals surface area contributed by atoms with Crippen LogP contribution < -0.4 is 0 Å². The summed E-state index contributed by atoms with van der Waals surface area (Å²) < 4.78 is 63.9. The van der Waals surface area contributed by atoms with Gasteiger partial charge in [-0.05, 0) is 133 Å². The van der Waals surface area contributed by atoms with Crippen LogP contribution in [0.15, 0.2) is 95.3 Å². The molecule has 8 aromatic heterocycles. The number of halogens is 6. The summed E-state index contributed by atoms with van der Waals surface area (Å²) in [6.45, 7) is 21.4.